The first kappa shape index (κ1) is 9.77. The normalized spacial score (nSPS) is 18.1. The summed E-state index contributed by atoms with van der Waals surface area (Å²) in [5.41, 5.74) is 0.637. The van der Waals surface area contributed by atoms with Crippen LogP contribution >= 0.6 is 0 Å². The molecule has 1 aliphatic rings. The van der Waals surface area contributed by atoms with Crippen LogP contribution in [-0.2, 0) is 4.79 Å². The largest absolute Gasteiger partial charge is 0.507 e. The van der Waals surface area contributed by atoms with Crippen molar-refractivity contribution in [3.05, 3.63) is 29.8 Å². The first-order chi connectivity index (χ1) is 7.22. The molecular weight excluding hydrogens is 192 g/mol. The maximum Gasteiger partial charge on any atom is 0.177 e. The number of hydrogen-bond donors (Lipinski definition) is 1. The molecule has 1 aromatic rings. The van der Waals surface area contributed by atoms with Gasteiger partial charge in [0.05, 0.1) is 5.56 Å². The van der Waals surface area contributed by atoms with E-state index in [9.17, 15) is 9.90 Å². The Morgan fingerprint density at radius 2 is 2.33 bits per heavy atom. The van der Waals surface area contributed by atoms with Crippen molar-refractivity contribution in [1.82, 2.24) is 0 Å². The zero-order valence-electron chi connectivity index (χ0n) is 8.43. The van der Waals surface area contributed by atoms with Gasteiger partial charge in [0.25, 0.3) is 0 Å². The van der Waals surface area contributed by atoms with Gasteiger partial charge in [0, 0.05) is 6.42 Å². The van der Waals surface area contributed by atoms with Crippen molar-refractivity contribution in [1.29, 1.82) is 0 Å². The van der Waals surface area contributed by atoms with Gasteiger partial charge in [0.15, 0.2) is 11.9 Å². The number of aromatic hydroxyl groups is 1. The van der Waals surface area contributed by atoms with Crippen molar-refractivity contribution < 1.29 is 14.6 Å². The first-order valence-electron chi connectivity index (χ1n) is 4.92. The highest BCUT2D eigenvalue weighted by Crippen LogP contribution is 2.32. The van der Waals surface area contributed by atoms with Gasteiger partial charge in [-0.3, -0.25) is 4.79 Å². The van der Waals surface area contributed by atoms with Gasteiger partial charge in [-0.05, 0) is 24.3 Å². The van der Waals surface area contributed by atoms with Crippen molar-refractivity contribution in [2.45, 2.75) is 19.4 Å². The number of hydrogen-bond acceptors (Lipinski definition) is 3. The van der Waals surface area contributed by atoms with E-state index in [1.165, 1.54) is 0 Å². The molecule has 0 amide bonds. The molecular formula is C12H12O3. The fourth-order valence-electron chi connectivity index (χ4n) is 1.54. The Labute approximate surface area is 88.0 Å². The number of benzene rings is 1. The van der Waals surface area contributed by atoms with E-state index in [2.05, 4.69) is 0 Å². The molecule has 0 radical (unpaired) electrons. The van der Waals surface area contributed by atoms with E-state index in [0.717, 1.165) is 0 Å². The Morgan fingerprint density at radius 3 is 3.07 bits per heavy atom. The smallest absolute Gasteiger partial charge is 0.177 e. The summed E-state index contributed by atoms with van der Waals surface area (Å²) in [6, 6.07) is 5.03. The number of ketones is 1. The molecule has 3 heteroatoms. The van der Waals surface area contributed by atoms with Crippen LogP contribution in [0.15, 0.2) is 24.3 Å². The fraction of sp³-hybridized carbons (Fsp3) is 0.250. The van der Waals surface area contributed by atoms with Gasteiger partial charge < -0.3 is 9.84 Å². The minimum Gasteiger partial charge on any atom is -0.507 e. The van der Waals surface area contributed by atoms with Crippen molar-refractivity contribution >= 4 is 11.9 Å². The minimum absolute atomic E-state index is 0.0419. The summed E-state index contributed by atoms with van der Waals surface area (Å²) in [4.78, 5) is 11.4. The van der Waals surface area contributed by atoms with Gasteiger partial charge in [-0.1, -0.05) is 13.0 Å². The van der Waals surface area contributed by atoms with E-state index in [4.69, 9.17) is 4.74 Å². The molecule has 0 spiro atoms. The summed E-state index contributed by atoms with van der Waals surface area (Å²) in [7, 11) is 0. The molecule has 3 nitrogen and oxygen atoms in total. The summed E-state index contributed by atoms with van der Waals surface area (Å²) in [5.74, 6) is 0.774. The second kappa shape index (κ2) is 3.77. The topological polar surface area (TPSA) is 46.5 Å². The number of phenols is 1. The Bertz CT molecular complexity index is 421. The van der Waals surface area contributed by atoms with Crippen LogP contribution in [0.1, 0.15) is 18.9 Å². The van der Waals surface area contributed by atoms with E-state index in [1.54, 1.807) is 37.3 Å². The Morgan fingerprint density at radius 1 is 1.53 bits per heavy atom. The van der Waals surface area contributed by atoms with E-state index >= 15 is 0 Å². The lowest BCUT2D eigenvalue weighted by atomic mass is 10.1. The molecule has 0 bridgehead atoms. The standard InChI is InChI=1S/C12H12O3/c1-2-9(13)12-7-6-8-10(14)4-3-5-11(8)15-12/h3-7,12,14H,2H2,1H3. The summed E-state index contributed by atoms with van der Waals surface area (Å²) < 4.78 is 5.47. The number of fused-ring (bicyclic) bond motifs is 1. The quantitative estimate of drug-likeness (QED) is 0.802. The van der Waals surface area contributed by atoms with Crippen molar-refractivity contribution in [3.63, 3.8) is 0 Å². The number of Topliss-reactive ketones (excluding diaryl/α,β-unsaturated/α-hetero) is 1. The number of carbonyl (C=O) groups is 1. The van der Waals surface area contributed by atoms with Crippen molar-refractivity contribution in [2.75, 3.05) is 0 Å². The predicted octanol–water partition coefficient (Wildman–Crippen LogP) is 2.15. The van der Waals surface area contributed by atoms with Crippen LogP contribution in [0.5, 0.6) is 11.5 Å². The highest BCUT2D eigenvalue weighted by Gasteiger charge is 2.21. The van der Waals surface area contributed by atoms with Crippen molar-refractivity contribution in [3.8, 4) is 11.5 Å². The second-order valence-corrected chi connectivity index (χ2v) is 3.41. The summed E-state index contributed by atoms with van der Waals surface area (Å²) >= 11 is 0. The molecule has 1 atom stereocenters. The lowest BCUT2D eigenvalue weighted by molar-refractivity contribution is -0.123. The number of rotatable bonds is 2. The predicted molar refractivity (Wildman–Crippen MR) is 56.9 cm³/mol. The van der Waals surface area contributed by atoms with Crippen LogP contribution in [0.4, 0.5) is 0 Å². The monoisotopic (exact) mass is 204 g/mol. The van der Waals surface area contributed by atoms with Gasteiger partial charge in [0.1, 0.15) is 11.5 Å². The van der Waals surface area contributed by atoms with Gasteiger partial charge in [0.2, 0.25) is 0 Å². The van der Waals surface area contributed by atoms with Gasteiger partial charge >= 0.3 is 0 Å². The molecule has 78 valence electrons. The first-order valence-corrected chi connectivity index (χ1v) is 4.92. The van der Waals surface area contributed by atoms with Crippen LogP contribution in [-0.4, -0.2) is 17.0 Å². The molecule has 1 unspecified atom stereocenters. The Kier molecular flexibility index (Phi) is 2.46. The zero-order chi connectivity index (χ0) is 10.8. The zero-order valence-corrected chi connectivity index (χ0v) is 8.43. The highest BCUT2D eigenvalue weighted by atomic mass is 16.5. The number of ether oxygens (including phenoxy) is 1. The number of phenolic OH excluding ortho intramolecular Hbond substituents is 1. The Balaban J connectivity index is 2.32. The van der Waals surface area contributed by atoms with Crippen LogP contribution < -0.4 is 4.74 Å². The summed E-state index contributed by atoms with van der Waals surface area (Å²) in [6.45, 7) is 1.80. The molecule has 0 fully saturated rings. The molecule has 0 aliphatic carbocycles. The van der Waals surface area contributed by atoms with Crippen molar-refractivity contribution in [2.24, 2.45) is 0 Å². The molecule has 0 aromatic heterocycles. The van der Waals surface area contributed by atoms with E-state index in [1.807, 2.05) is 0 Å². The average molecular weight is 204 g/mol. The average Bonchev–Trinajstić information content (AvgIpc) is 2.28. The van der Waals surface area contributed by atoms with Gasteiger partial charge in [-0.25, -0.2) is 0 Å². The molecule has 0 saturated heterocycles. The highest BCUT2D eigenvalue weighted by molar-refractivity contribution is 5.87. The van der Waals surface area contributed by atoms with Crippen LogP contribution in [0.25, 0.3) is 6.08 Å². The van der Waals surface area contributed by atoms with Crippen LogP contribution in [0, 0.1) is 0 Å². The third-order valence-corrected chi connectivity index (χ3v) is 2.40. The van der Waals surface area contributed by atoms with Gasteiger partial charge in [-0.15, -0.1) is 0 Å². The maximum absolute atomic E-state index is 11.4. The molecule has 15 heavy (non-hydrogen) atoms. The summed E-state index contributed by atoms with van der Waals surface area (Å²) in [5, 5.41) is 9.52. The number of carbonyl (C=O) groups excluding carboxylic acids is 1. The lowest BCUT2D eigenvalue weighted by Crippen LogP contribution is -2.26. The van der Waals surface area contributed by atoms with E-state index in [-0.39, 0.29) is 11.5 Å². The summed E-state index contributed by atoms with van der Waals surface area (Å²) in [6.07, 6.45) is 3.34. The second-order valence-electron chi connectivity index (χ2n) is 3.41. The van der Waals surface area contributed by atoms with Gasteiger partial charge in [-0.2, -0.15) is 0 Å². The molecule has 1 aromatic carbocycles. The van der Waals surface area contributed by atoms with E-state index in [0.29, 0.717) is 17.7 Å². The third-order valence-electron chi connectivity index (χ3n) is 2.40. The minimum atomic E-state index is -0.510. The third kappa shape index (κ3) is 1.73. The van der Waals surface area contributed by atoms with Crippen LogP contribution in [0.2, 0.25) is 0 Å². The Hall–Kier alpha value is -1.77. The molecule has 1 N–H and O–H groups in total. The maximum atomic E-state index is 11.4. The molecule has 1 aliphatic heterocycles. The lowest BCUT2D eigenvalue weighted by Gasteiger charge is -2.20. The SMILES string of the molecule is CCC(=O)C1C=Cc2c(O)cccc2O1. The molecule has 0 saturated carbocycles. The molecule has 2 rings (SSSR count). The van der Waals surface area contributed by atoms with E-state index < -0.39 is 6.10 Å². The fourth-order valence-corrected chi connectivity index (χ4v) is 1.54. The van der Waals surface area contributed by atoms with Crippen LogP contribution in [0.3, 0.4) is 0 Å². The molecule has 1 heterocycles.